The number of hydrogen-bond acceptors (Lipinski definition) is 2. The summed E-state index contributed by atoms with van der Waals surface area (Å²) in [6.45, 7) is 7.98. The van der Waals surface area contributed by atoms with Gasteiger partial charge in [-0.2, -0.15) is 0 Å². The molecule has 0 aliphatic rings. The van der Waals surface area contributed by atoms with Crippen molar-refractivity contribution in [3.8, 4) is 0 Å². The van der Waals surface area contributed by atoms with Crippen LogP contribution >= 0.6 is 0 Å². The van der Waals surface area contributed by atoms with Gasteiger partial charge >= 0.3 is 82.5 Å². The van der Waals surface area contributed by atoms with Crippen LogP contribution in [0.4, 0.5) is 0 Å². The van der Waals surface area contributed by atoms with Crippen LogP contribution in [0.3, 0.4) is 0 Å². The molecule has 0 radical (unpaired) electrons. The molecule has 0 bridgehead atoms. The van der Waals surface area contributed by atoms with Gasteiger partial charge in [0.15, 0.2) is 0 Å². The monoisotopic (exact) mass is 280 g/mol. The molecule has 0 atom stereocenters. The van der Waals surface area contributed by atoms with Crippen molar-refractivity contribution in [2.75, 3.05) is 20.6 Å². The van der Waals surface area contributed by atoms with Gasteiger partial charge in [-0.15, -0.1) is 0 Å². The molecule has 2 nitrogen and oxygen atoms in total. The molecule has 0 rings (SSSR count). The Kier molecular flexibility index (Phi) is 5.11. The van der Waals surface area contributed by atoms with E-state index in [2.05, 4.69) is 51.0 Å². The average Bonchev–Trinajstić information content (AvgIpc) is 2.01. The van der Waals surface area contributed by atoms with E-state index in [1.807, 2.05) is 0 Å². The fraction of sp³-hybridized carbons (Fsp3) is 1.00. The Morgan fingerprint density at radius 1 is 1.17 bits per heavy atom. The zero-order valence-electron chi connectivity index (χ0n) is 9.68. The first kappa shape index (κ1) is 12.7. The van der Waals surface area contributed by atoms with E-state index in [4.69, 9.17) is 0 Å². The third kappa shape index (κ3) is 2.89. The summed E-state index contributed by atoms with van der Waals surface area (Å²) in [7, 11) is 4.53. The van der Waals surface area contributed by atoms with E-state index >= 15 is 0 Å². The number of nitrogens with zero attached hydrogens (tertiary/aromatic N) is 2. The average molecular weight is 279 g/mol. The van der Waals surface area contributed by atoms with Gasteiger partial charge in [0.25, 0.3) is 0 Å². The van der Waals surface area contributed by atoms with E-state index in [1.165, 1.54) is 6.54 Å². The first-order chi connectivity index (χ1) is 5.34. The van der Waals surface area contributed by atoms with Crippen LogP contribution in [0.15, 0.2) is 0 Å². The van der Waals surface area contributed by atoms with Gasteiger partial charge < -0.3 is 0 Å². The Labute approximate surface area is 82.5 Å². The predicted molar refractivity (Wildman–Crippen MR) is 58.7 cm³/mol. The zero-order chi connectivity index (χ0) is 9.94. The summed E-state index contributed by atoms with van der Waals surface area (Å²) in [5.41, 5.74) is 0. The van der Waals surface area contributed by atoms with Crippen molar-refractivity contribution in [3.63, 3.8) is 0 Å². The fourth-order valence-electron chi connectivity index (χ4n) is 1.29. The van der Waals surface area contributed by atoms with E-state index in [0.717, 1.165) is 0 Å². The molecule has 0 aromatic heterocycles. The summed E-state index contributed by atoms with van der Waals surface area (Å²) >= 11 is -2.06. The van der Waals surface area contributed by atoms with Crippen LogP contribution in [0.2, 0.25) is 9.88 Å². The van der Waals surface area contributed by atoms with Crippen LogP contribution in [0, 0.1) is 0 Å². The second-order valence-electron chi connectivity index (χ2n) is 4.21. The Hall–Kier alpha value is 0.719. The second kappa shape index (κ2) is 4.82. The van der Waals surface area contributed by atoms with E-state index in [0.29, 0.717) is 6.04 Å². The molecule has 0 saturated carbocycles. The molecular formula is C9H24N2Sn. The number of hydrogen-bond donors (Lipinski definition) is 0. The standard InChI is InChI=1S/C4H10N.C3H8N.2CH3.Sn/c1-4(2)5-3;1-3-4-2;;;/h4H,1-3H3;3H2,1-2H3;2*1H3;/q2*-1;;;+2. The van der Waals surface area contributed by atoms with Gasteiger partial charge in [0.05, 0.1) is 0 Å². The first-order valence-electron chi connectivity index (χ1n) is 4.78. The molecular weight excluding hydrogens is 255 g/mol. The molecule has 0 unspecified atom stereocenters. The maximum absolute atomic E-state index is 2.60. The Morgan fingerprint density at radius 2 is 1.58 bits per heavy atom. The van der Waals surface area contributed by atoms with Gasteiger partial charge in [-0.05, 0) is 0 Å². The summed E-state index contributed by atoms with van der Waals surface area (Å²) in [5, 5.41) is 0. The van der Waals surface area contributed by atoms with Gasteiger partial charge in [0, 0.05) is 0 Å². The van der Waals surface area contributed by atoms with Gasteiger partial charge in [-0.1, -0.05) is 0 Å². The van der Waals surface area contributed by atoms with Crippen LogP contribution < -0.4 is 0 Å². The molecule has 0 aliphatic heterocycles. The van der Waals surface area contributed by atoms with Crippen molar-refractivity contribution in [1.82, 2.24) is 6.24 Å². The fourth-order valence-corrected chi connectivity index (χ4v) is 8.64. The maximum atomic E-state index is 2.60. The quantitative estimate of drug-likeness (QED) is 0.726. The SMILES string of the molecule is CC[N](C)[Sn]([CH3])([CH3])[N](C)C(C)C. The van der Waals surface area contributed by atoms with E-state index in [-0.39, 0.29) is 0 Å². The topological polar surface area (TPSA) is 6.48 Å². The van der Waals surface area contributed by atoms with E-state index < -0.39 is 18.9 Å². The van der Waals surface area contributed by atoms with E-state index in [1.54, 1.807) is 0 Å². The van der Waals surface area contributed by atoms with Crippen LogP contribution in [-0.4, -0.2) is 51.8 Å². The molecule has 74 valence electrons. The molecule has 3 heteroatoms. The van der Waals surface area contributed by atoms with Crippen molar-refractivity contribution < 1.29 is 0 Å². The van der Waals surface area contributed by atoms with Crippen molar-refractivity contribution in [3.05, 3.63) is 0 Å². The zero-order valence-corrected chi connectivity index (χ0v) is 12.5. The Bertz CT molecular complexity index is 134. The summed E-state index contributed by atoms with van der Waals surface area (Å²) in [4.78, 5) is 4.94. The molecule has 0 amide bonds. The van der Waals surface area contributed by atoms with Crippen molar-refractivity contribution in [2.45, 2.75) is 36.7 Å². The van der Waals surface area contributed by atoms with Gasteiger partial charge in [-0.25, -0.2) is 0 Å². The minimum absolute atomic E-state index is 0.685. The summed E-state index contributed by atoms with van der Waals surface area (Å²) in [6.07, 6.45) is 0. The van der Waals surface area contributed by atoms with Crippen LogP contribution in [0.5, 0.6) is 0 Å². The third-order valence-corrected chi connectivity index (χ3v) is 15.7. The molecule has 0 heterocycles. The summed E-state index contributed by atoms with van der Waals surface area (Å²) in [5.74, 6) is 0. The molecule has 0 N–H and O–H groups in total. The molecule has 0 spiro atoms. The van der Waals surface area contributed by atoms with E-state index in [9.17, 15) is 0 Å². The van der Waals surface area contributed by atoms with Gasteiger partial charge in [0.1, 0.15) is 0 Å². The predicted octanol–water partition coefficient (Wildman–Crippen LogP) is 1.98. The second-order valence-corrected chi connectivity index (χ2v) is 16.9. The van der Waals surface area contributed by atoms with Crippen LogP contribution in [-0.2, 0) is 0 Å². The van der Waals surface area contributed by atoms with Crippen molar-refractivity contribution in [1.29, 1.82) is 0 Å². The first-order valence-corrected chi connectivity index (χ1v) is 13.0. The van der Waals surface area contributed by atoms with Crippen molar-refractivity contribution in [2.24, 2.45) is 0 Å². The van der Waals surface area contributed by atoms with Crippen molar-refractivity contribution >= 4 is 18.9 Å². The molecule has 0 saturated heterocycles. The van der Waals surface area contributed by atoms with Crippen LogP contribution in [0.25, 0.3) is 0 Å². The molecule has 12 heavy (non-hydrogen) atoms. The summed E-state index contributed by atoms with van der Waals surface area (Å²) < 4.78 is 5.16. The normalized spacial score (nSPS) is 13.5. The molecule has 0 aromatic rings. The third-order valence-electron chi connectivity index (χ3n) is 3.05. The Morgan fingerprint density at radius 3 is 1.83 bits per heavy atom. The number of rotatable bonds is 4. The van der Waals surface area contributed by atoms with Gasteiger partial charge in [0.2, 0.25) is 0 Å². The molecule has 0 fully saturated rings. The molecule has 0 aromatic carbocycles. The van der Waals surface area contributed by atoms with Crippen LogP contribution in [0.1, 0.15) is 20.8 Å². The minimum atomic E-state index is -2.06. The van der Waals surface area contributed by atoms with Gasteiger partial charge in [-0.3, -0.25) is 0 Å². The Balaban J connectivity index is 4.37. The summed E-state index contributed by atoms with van der Waals surface area (Å²) in [6, 6.07) is 0.685. The molecule has 0 aliphatic carbocycles.